The normalized spacial score (nSPS) is 11.3. The predicted octanol–water partition coefficient (Wildman–Crippen LogP) is 11.9. The molecular formula is C42H29N. The second-order valence-electron chi connectivity index (χ2n) is 10.9. The minimum Gasteiger partial charge on any atom is -0.309 e. The van der Waals surface area contributed by atoms with E-state index in [1.165, 1.54) is 60.3 Å². The van der Waals surface area contributed by atoms with Gasteiger partial charge in [0.25, 0.3) is 0 Å². The van der Waals surface area contributed by atoms with E-state index in [-0.39, 0.29) is 0 Å². The Bertz CT molecular complexity index is 2170. The van der Waals surface area contributed by atoms with Gasteiger partial charge < -0.3 is 4.90 Å². The number of para-hydroxylation sites is 2. The molecule has 1 nitrogen and oxygen atoms in total. The molecule has 0 bridgehead atoms. The number of hydrogen-bond donors (Lipinski definition) is 0. The number of benzene rings is 8. The van der Waals surface area contributed by atoms with Gasteiger partial charge in [-0.05, 0) is 67.9 Å². The summed E-state index contributed by atoms with van der Waals surface area (Å²) in [7, 11) is 0. The molecule has 8 rings (SSSR count). The zero-order valence-corrected chi connectivity index (χ0v) is 23.7. The number of fused-ring (bicyclic) bond motifs is 4. The maximum Gasteiger partial charge on any atom is 0.0624 e. The summed E-state index contributed by atoms with van der Waals surface area (Å²) in [4.78, 5) is 2.42. The molecule has 0 saturated heterocycles. The average molecular weight is 548 g/mol. The molecule has 0 aliphatic carbocycles. The third-order valence-corrected chi connectivity index (χ3v) is 8.43. The molecule has 8 aromatic carbocycles. The predicted molar refractivity (Wildman–Crippen MR) is 185 cm³/mol. The summed E-state index contributed by atoms with van der Waals surface area (Å²) in [5.41, 5.74) is 8.33. The van der Waals surface area contributed by atoms with Crippen LogP contribution in [-0.2, 0) is 0 Å². The molecule has 0 N–H and O–H groups in total. The Labute approximate surface area is 251 Å². The fourth-order valence-electron chi connectivity index (χ4n) is 6.50. The summed E-state index contributed by atoms with van der Waals surface area (Å²) >= 11 is 0. The molecule has 0 fully saturated rings. The second kappa shape index (κ2) is 10.6. The quantitative estimate of drug-likeness (QED) is 0.194. The van der Waals surface area contributed by atoms with E-state index >= 15 is 0 Å². The highest BCUT2D eigenvalue weighted by Crippen LogP contribution is 2.49. The summed E-state index contributed by atoms with van der Waals surface area (Å²) in [5, 5.41) is 7.51. The Hall–Kier alpha value is -5.66. The highest BCUT2D eigenvalue weighted by atomic mass is 15.1. The molecule has 0 heterocycles. The summed E-state index contributed by atoms with van der Waals surface area (Å²) in [6, 6.07) is 63.4. The highest BCUT2D eigenvalue weighted by molar-refractivity contribution is 6.22. The van der Waals surface area contributed by atoms with Gasteiger partial charge in [-0.3, -0.25) is 0 Å². The largest absolute Gasteiger partial charge is 0.309 e. The van der Waals surface area contributed by atoms with Crippen molar-refractivity contribution >= 4 is 49.4 Å². The molecule has 0 aromatic heterocycles. The van der Waals surface area contributed by atoms with Crippen LogP contribution < -0.4 is 4.90 Å². The standard InChI is InChI=1S/C42H29N/c1-3-16-33(17-4-1)43(34-18-5-2-6-19-34)42-40-24-12-10-22-38(40)37-21-9-11-23-39(37)41(42)32-28-26-31(27-29-32)36-25-13-15-30-14-7-8-20-35(30)36/h1-29H. The van der Waals surface area contributed by atoms with Crippen LogP contribution in [0, 0.1) is 0 Å². The van der Waals surface area contributed by atoms with Gasteiger partial charge in [-0.15, -0.1) is 0 Å². The van der Waals surface area contributed by atoms with Crippen LogP contribution in [0.2, 0.25) is 0 Å². The number of hydrogen-bond acceptors (Lipinski definition) is 1. The smallest absolute Gasteiger partial charge is 0.0624 e. The van der Waals surface area contributed by atoms with Gasteiger partial charge >= 0.3 is 0 Å². The zero-order chi connectivity index (χ0) is 28.6. The first-order valence-corrected chi connectivity index (χ1v) is 14.8. The van der Waals surface area contributed by atoms with E-state index in [1.54, 1.807) is 0 Å². The van der Waals surface area contributed by atoms with E-state index < -0.39 is 0 Å². The maximum atomic E-state index is 2.42. The van der Waals surface area contributed by atoms with Crippen molar-refractivity contribution in [2.24, 2.45) is 0 Å². The van der Waals surface area contributed by atoms with Gasteiger partial charge in [-0.1, -0.05) is 152 Å². The minimum atomic E-state index is 1.13. The third-order valence-electron chi connectivity index (χ3n) is 8.43. The van der Waals surface area contributed by atoms with Crippen molar-refractivity contribution in [1.82, 2.24) is 0 Å². The lowest BCUT2D eigenvalue weighted by molar-refractivity contribution is 1.30. The lowest BCUT2D eigenvalue weighted by Crippen LogP contribution is -2.12. The van der Waals surface area contributed by atoms with Crippen molar-refractivity contribution in [2.45, 2.75) is 0 Å². The summed E-state index contributed by atoms with van der Waals surface area (Å²) in [6.45, 7) is 0. The first-order chi connectivity index (χ1) is 21.4. The van der Waals surface area contributed by atoms with Gasteiger partial charge in [0.15, 0.2) is 0 Å². The third kappa shape index (κ3) is 4.34. The molecule has 0 aliphatic heterocycles. The fourth-order valence-corrected chi connectivity index (χ4v) is 6.50. The summed E-state index contributed by atoms with van der Waals surface area (Å²) < 4.78 is 0. The monoisotopic (exact) mass is 547 g/mol. The molecule has 0 radical (unpaired) electrons. The van der Waals surface area contributed by atoms with Gasteiger partial charge in [0.05, 0.1) is 5.69 Å². The molecule has 0 atom stereocenters. The molecule has 0 spiro atoms. The van der Waals surface area contributed by atoms with Crippen LogP contribution in [0.15, 0.2) is 176 Å². The molecular weight excluding hydrogens is 518 g/mol. The average Bonchev–Trinajstić information content (AvgIpc) is 3.09. The molecule has 202 valence electrons. The van der Waals surface area contributed by atoms with Crippen molar-refractivity contribution in [3.05, 3.63) is 176 Å². The van der Waals surface area contributed by atoms with Crippen molar-refractivity contribution in [1.29, 1.82) is 0 Å². The van der Waals surface area contributed by atoms with Crippen LogP contribution in [0.5, 0.6) is 0 Å². The van der Waals surface area contributed by atoms with Crippen LogP contribution in [-0.4, -0.2) is 0 Å². The summed E-state index contributed by atoms with van der Waals surface area (Å²) in [6.07, 6.45) is 0. The maximum absolute atomic E-state index is 2.42. The van der Waals surface area contributed by atoms with E-state index in [2.05, 4.69) is 181 Å². The molecule has 43 heavy (non-hydrogen) atoms. The SMILES string of the molecule is c1ccc(N(c2ccccc2)c2c(-c3ccc(-c4cccc5ccccc45)cc3)c3ccccc3c3ccccc23)cc1. The summed E-state index contributed by atoms with van der Waals surface area (Å²) in [5.74, 6) is 0. The molecule has 1 heteroatoms. The Kier molecular flexibility index (Phi) is 6.20. The van der Waals surface area contributed by atoms with Gasteiger partial charge in [-0.2, -0.15) is 0 Å². The highest BCUT2D eigenvalue weighted by Gasteiger charge is 2.23. The minimum absolute atomic E-state index is 1.13. The second-order valence-corrected chi connectivity index (χ2v) is 10.9. The van der Waals surface area contributed by atoms with Crippen LogP contribution in [0.25, 0.3) is 54.6 Å². The molecule has 0 unspecified atom stereocenters. The Morgan fingerprint density at radius 3 is 1.42 bits per heavy atom. The lowest BCUT2D eigenvalue weighted by Gasteiger charge is -2.30. The Morgan fingerprint density at radius 2 is 0.767 bits per heavy atom. The topological polar surface area (TPSA) is 3.24 Å². The molecule has 8 aromatic rings. The zero-order valence-electron chi connectivity index (χ0n) is 23.7. The van der Waals surface area contributed by atoms with Crippen molar-refractivity contribution in [3.8, 4) is 22.3 Å². The van der Waals surface area contributed by atoms with Crippen LogP contribution in [0.3, 0.4) is 0 Å². The molecule has 0 saturated carbocycles. The van der Waals surface area contributed by atoms with Gasteiger partial charge in [0.2, 0.25) is 0 Å². The van der Waals surface area contributed by atoms with Crippen LogP contribution in [0.4, 0.5) is 17.1 Å². The van der Waals surface area contributed by atoms with Crippen molar-refractivity contribution in [2.75, 3.05) is 4.90 Å². The van der Waals surface area contributed by atoms with Crippen LogP contribution >= 0.6 is 0 Å². The molecule has 0 amide bonds. The van der Waals surface area contributed by atoms with E-state index in [9.17, 15) is 0 Å². The lowest BCUT2D eigenvalue weighted by atomic mass is 9.89. The Balaban J connectivity index is 1.43. The fraction of sp³-hybridized carbons (Fsp3) is 0. The van der Waals surface area contributed by atoms with Crippen molar-refractivity contribution in [3.63, 3.8) is 0 Å². The van der Waals surface area contributed by atoms with Gasteiger partial charge in [-0.25, -0.2) is 0 Å². The first kappa shape index (κ1) is 25.1. The van der Waals surface area contributed by atoms with E-state index in [4.69, 9.17) is 0 Å². The van der Waals surface area contributed by atoms with Crippen LogP contribution in [0.1, 0.15) is 0 Å². The van der Waals surface area contributed by atoms with E-state index in [1.807, 2.05) is 0 Å². The Morgan fingerprint density at radius 1 is 0.302 bits per heavy atom. The van der Waals surface area contributed by atoms with Gasteiger partial charge in [0, 0.05) is 22.3 Å². The number of rotatable bonds is 5. The number of anilines is 3. The number of nitrogens with zero attached hydrogens (tertiary/aromatic N) is 1. The molecule has 0 aliphatic rings. The van der Waals surface area contributed by atoms with E-state index in [0.29, 0.717) is 0 Å². The van der Waals surface area contributed by atoms with E-state index in [0.717, 1.165) is 11.4 Å². The van der Waals surface area contributed by atoms with Gasteiger partial charge in [0.1, 0.15) is 0 Å². The first-order valence-electron chi connectivity index (χ1n) is 14.8. The van der Waals surface area contributed by atoms with Crippen molar-refractivity contribution < 1.29 is 0 Å².